The molecule has 3 rings (SSSR count). The minimum Gasteiger partial charge on any atom is -0.350 e. The largest absolute Gasteiger partial charge is 0.350 e. The van der Waals surface area contributed by atoms with Crippen molar-refractivity contribution < 1.29 is 9.72 Å². The molecule has 24 heavy (non-hydrogen) atoms. The first-order chi connectivity index (χ1) is 11.5. The molecular formula is C16H13ClN4O3. The Morgan fingerprint density at radius 3 is 2.83 bits per heavy atom. The molecule has 0 saturated carbocycles. The maximum absolute atomic E-state index is 12.1. The van der Waals surface area contributed by atoms with Crippen molar-refractivity contribution in [1.29, 1.82) is 0 Å². The lowest BCUT2D eigenvalue weighted by Crippen LogP contribution is -2.27. The van der Waals surface area contributed by atoms with E-state index in [2.05, 4.69) is 10.4 Å². The number of nitro benzene ring substituents is 1. The van der Waals surface area contributed by atoms with Crippen molar-refractivity contribution in [2.24, 2.45) is 0 Å². The van der Waals surface area contributed by atoms with Crippen LogP contribution in [0.25, 0.3) is 10.9 Å². The zero-order valence-corrected chi connectivity index (χ0v) is 13.2. The first-order valence-corrected chi connectivity index (χ1v) is 7.52. The third-order valence-corrected chi connectivity index (χ3v) is 3.94. The monoisotopic (exact) mass is 344 g/mol. The van der Waals surface area contributed by atoms with Crippen LogP contribution < -0.4 is 5.32 Å². The Balaban J connectivity index is 1.72. The van der Waals surface area contributed by atoms with Gasteiger partial charge in [-0.1, -0.05) is 29.8 Å². The highest BCUT2D eigenvalue weighted by Crippen LogP contribution is 2.20. The highest BCUT2D eigenvalue weighted by molar-refractivity contribution is 6.31. The Morgan fingerprint density at radius 1 is 1.29 bits per heavy atom. The van der Waals surface area contributed by atoms with Crippen LogP contribution in [0.5, 0.6) is 0 Å². The lowest BCUT2D eigenvalue weighted by atomic mass is 10.2. The van der Waals surface area contributed by atoms with Crippen LogP contribution in [0.3, 0.4) is 0 Å². The van der Waals surface area contributed by atoms with Crippen molar-refractivity contribution in [2.75, 3.05) is 0 Å². The third-order valence-electron chi connectivity index (χ3n) is 3.57. The Morgan fingerprint density at radius 2 is 2.08 bits per heavy atom. The molecule has 1 aromatic heterocycles. The molecule has 0 aliphatic carbocycles. The van der Waals surface area contributed by atoms with Gasteiger partial charge in [-0.15, -0.1) is 0 Å². The second kappa shape index (κ2) is 6.67. The molecule has 1 heterocycles. The summed E-state index contributed by atoms with van der Waals surface area (Å²) in [4.78, 5) is 22.5. The molecule has 122 valence electrons. The zero-order valence-electron chi connectivity index (χ0n) is 12.5. The maximum Gasteiger partial charge on any atom is 0.271 e. The molecule has 0 saturated heterocycles. The highest BCUT2D eigenvalue weighted by atomic mass is 35.5. The number of hydrogen-bond donors (Lipinski definition) is 1. The van der Waals surface area contributed by atoms with Gasteiger partial charge in [-0.3, -0.25) is 19.6 Å². The van der Waals surface area contributed by atoms with Crippen LogP contribution in [0, 0.1) is 10.1 Å². The molecule has 0 radical (unpaired) electrons. The van der Waals surface area contributed by atoms with Gasteiger partial charge in [0.25, 0.3) is 5.69 Å². The van der Waals surface area contributed by atoms with Gasteiger partial charge in [0, 0.05) is 29.1 Å². The maximum atomic E-state index is 12.1. The molecule has 0 aliphatic rings. The van der Waals surface area contributed by atoms with E-state index in [0.29, 0.717) is 17.1 Å². The van der Waals surface area contributed by atoms with Crippen LogP contribution in [-0.2, 0) is 17.9 Å². The Kier molecular flexibility index (Phi) is 4.43. The van der Waals surface area contributed by atoms with Crippen LogP contribution in [0.2, 0.25) is 5.02 Å². The summed E-state index contributed by atoms with van der Waals surface area (Å²) in [5.74, 6) is -0.258. The lowest BCUT2D eigenvalue weighted by Gasteiger charge is -2.07. The number of carbonyl (C=O) groups is 1. The molecule has 1 N–H and O–H groups in total. The summed E-state index contributed by atoms with van der Waals surface area (Å²) in [5.41, 5.74) is 1.31. The van der Waals surface area contributed by atoms with Gasteiger partial charge >= 0.3 is 0 Å². The van der Waals surface area contributed by atoms with Crippen molar-refractivity contribution in [2.45, 2.75) is 13.1 Å². The minimum atomic E-state index is -0.478. The van der Waals surface area contributed by atoms with Gasteiger partial charge in [0.1, 0.15) is 6.54 Å². The Bertz CT molecular complexity index is 923. The fraction of sp³-hybridized carbons (Fsp3) is 0.125. The molecule has 2 aromatic carbocycles. The standard InChI is InChI=1S/C16H13ClN4O3/c17-14-4-2-1-3-11(14)8-18-16(22)10-20-15-7-13(21(23)24)6-5-12(15)9-19-20/h1-7,9H,8,10H2,(H,18,22). The smallest absolute Gasteiger partial charge is 0.271 e. The Labute approximate surface area is 142 Å². The number of benzene rings is 2. The summed E-state index contributed by atoms with van der Waals surface area (Å²) in [6.45, 7) is 0.271. The van der Waals surface area contributed by atoms with E-state index < -0.39 is 4.92 Å². The SMILES string of the molecule is O=C(Cn1ncc2ccc([N+](=O)[O-])cc21)NCc1ccccc1Cl. The van der Waals surface area contributed by atoms with E-state index in [1.165, 1.54) is 16.8 Å². The summed E-state index contributed by atoms with van der Waals surface area (Å²) in [5, 5.41) is 19.1. The number of fused-ring (bicyclic) bond motifs is 1. The highest BCUT2D eigenvalue weighted by Gasteiger charge is 2.12. The van der Waals surface area contributed by atoms with Crippen LogP contribution in [0.4, 0.5) is 5.69 Å². The molecule has 8 heteroatoms. The van der Waals surface area contributed by atoms with Crippen molar-refractivity contribution in [3.05, 3.63) is 69.4 Å². The normalized spacial score (nSPS) is 10.7. The van der Waals surface area contributed by atoms with Gasteiger partial charge < -0.3 is 5.32 Å². The molecule has 0 bridgehead atoms. The van der Waals surface area contributed by atoms with Crippen LogP contribution in [-0.4, -0.2) is 20.6 Å². The molecule has 3 aromatic rings. The number of hydrogen-bond acceptors (Lipinski definition) is 4. The average Bonchev–Trinajstić information content (AvgIpc) is 2.96. The molecule has 0 spiro atoms. The fourth-order valence-electron chi connectivity index (χ4n) is 2.33. The summed E-state index contributed by atoms with van der Waals surface area (Å²) < 4.78 is 1.43. The predicted molar refractivity (Wildman–Crippen MR) is 89.7 cm³/mol. The van der Waals surface area contributed by atoms with Crippen LogP contribution in [0.1, 0.15) is 5.56 Å². The lowest BCUT2D eigenvalue weighted by molar-refractivity contribution is -0.384. The van der Waals surface area contributed by atoms with Crippen LogP contribution >= 0.6 is 11.6 Å². The van der Waals surface area contributed by atoms with E-state index >= 15 is 0 Å². The topological polar surface area (TPSA) is 90.1 Å². The van der Waals surface area contributed by atoms with E-state index in [-0.39, 0.29) is 18.1 Å². The minimum absolute atomic E-state index is 0.0326. The number of aromatic nitrogens is 2. The molecule has 0 fully saturated rings. The van der Waals surface area contributed by atoms with Gasteiger partial charge in [0.2, 0.25) is 5.91 Å². The van der Waals surface area contributed by atoms with Gasteiger partial charge in [-0.05, 0) is 17.7 Å². The summed E-state index contributed by atoms with van der Waals surface area (Å²) in [6, 6.07) is 11.7. The number of nitrogens with one attached hydrogen (secondary N) is 1. The van der Waals surface area contributed by atoms with Crippen molar-refractivity contribution in [3.63, 3.8) is 0 Å². The predicted octanol–water partition coefficient (Wildman–Crippen LogP) is 2.91. The van der Waals surface area contributed by atoms with E-state index in [0.717, 1.165) is 10.9 Å². The average molecular weight is 345 g/mol. The molecule has 7 nitrogen and oxygen atoms in total. The molecule has 0 aliphatic heterocycles. The molecule has 0 atom stereocenters. The first-order valence-electron chi connectivity index (χ1n) is 7.14. The number of nitrogens with zero attached hydrogens (tertiary/aromatic N) is 3. The van der Waals surface area contributed by atoms with E-state index in [4.69, 9.17) is 11.6 Å². The second-order valence-electron chi connectivity index (χ2n) is 5.17. The van der Waals surface area contributed by atoms with Crippen molar-refractivity contribution in [1.82, 2.24) is 15.1 Å². The molecular weight excluding hydrogens is 332 g/mol. The molecule has 0 unspecified atom stereocenters. The van der Waals surface area contributed by atoms with Crippen LogP contribution in [0.15, 0.2) is 48.7 Å². The zero-order chi connectivity index (χ0) is 17.1. The number of amides is 1. The van der Waals surface area contributed by atoms with Gasteiger partial charge in [-0.25, -0.2) is 0 Å². The number of carbonyl (C=O) groups excluding carboxylic acids is 1. The summed E-state index contributed by atoms with van der Waals surface area (Å²) in [6.07, 6.45) is 1.57. The Hall–Kier alpha value is -2.93. The number of non-ortho nitro benzene ring substituents is 1. The van der Waals surface area contributed by atoms with Gasteiger partial charge in [0.15, 0.2) is 0 Å². The van der Waals surface area contributed by atoms with Crippen molar-refractivity contribution in [3.8, 4) is 0 Å². The fourth-order valence-corrected chi connectivity index (χ4v) is 2.53. The van der Waals surface area contributed by atoms with Crippen molar-refractivity contribution >= 4 is 34.1 Å². The van der Waals surface area contributed by atoms with E-state index in [1.807, 2.05) is 18.2 Å². The number of nitro groups is 1. The van der Waals surface area contributed by atoms with E-state index in [9.17, 15) is 14.9 Å². The van der Waals surface area contributed by atoms with Gasteiger partial charge in [0.05, 0.1) is 16.6 Å². The van der Waals surface area contributed by atoms with Gasteiger partial charge in [-0.2, -0.15) is 5.10 Å². The number of halogens is 1. The first kappa shape index (κ1) is 15.9. The quantitative estimate of drug-likeness (QED) is 0.569. The second-order valence-corrected chi connectivity index (χ2v) is 5.58. The summed E-state index contributed by atoms with van der Waals surface area (Å²) >= 11 is 6.04. The molecule has 1 amide bonds. The summed E-state index contributed by atoms with van der Waals surface area (Å²) in [7, 11) is 0. The van der Waals surface area contributed by atoms with E-state index in [1.54, 1.807) is 18.3 Å². The third kappa shape index (κ3) is 3.36. The number of rotatable bonds is 5.